The predicted molar refractivity (Wildman–Crippen MR) is 94.6 cm³/mol. The quantitative estimate of drug-likeness (QED) is 0.612. The van der Waals surface area contributed by atoms with E-state index in [0.717, 1.165) is 43.4 Å². The van der Waals surface area contributed by atoms with Crippen LogP contribution in [0.3, 0.4) is 0 Å². The predicted octanol–water partition coefficient (Wildman–Crippen LogP) is 5.64. The molecule has 0 saturated heterocycles. The van der Waals surface area contributed by atoms with E-state index in [9.17, 15) is 13.6 Å². The molecule has 0 aliphatic heterocycles. The number of esters is 1. The summed E-state index contributed by atoms with van der Waals surface area (Å²) >= 11 is 0. The van der Waals surface area contributed by atoms with Crippen LogP contribution in [-0.4, -0.2) is 24.4 Å². The van der Waals surface area contributed by atoms with Gasteiger partial charge in [0.2, 0.25) is 0 Å². The highest BCUT2D eigenvalue weighted by atomic mass is 19.2. The molecule has 3 aliphatic rings. The molecule has 0 spiro atoms. The van der Waals surface area contributed by atoms with Gasteiger partial charge in [0.25, 0.3) is 0 Å². The number of carbonyl (C=O) groups excluding carboxylic acids is 1. The van der Waals surface area contributed by atoms with Crippen LogP contribution in [0.1, 0.15) is 78.1 Å². The van der Waals surface area contributed by atoms with Crippen molar-refractivity contribution in [2.24, 2.45) is 29.6 Å². The van der Waals surface area contributed by atoms with Crippen molar-refractivity contribution >= 4 is 5.97 Å². The lowest BCUT2D eigenvalue weighted by Gasteiger charge is -2.37. The molecule has 0 aromatic carbocycles. The highest BCUT2D eigenvalue weighted by Crippen LogP contribution is 2.42. The van der Waals surface area contributed by atoms with Crippen molar-refractivity contribution in [3.8, 4) is 0 Å². The summed E-state index contributed by atoms with van der Waals surface area (Å²) in [5.74, 6) is 1.77. The van der Waals surface area contributed by atoms with Gasteiger partial charge in [0.1, 0.15) is 12.3 Å². The Morgan fingerprint density at radius 2 is 1.32 bits per heavy atom. The minimum Gasteiger partial charge on any atom is -0.459 e. The Kier molecular flexibility index (Phi) is 6.38. The molecule has 0 amide bonds. The third-order valence-corrected chi connectivity index (χ3v) is 7.21. The van der Waals surface area contributed by atoms with Crippen molar-refractivity contribution < 1.29 is 18.3 Å². The van der Waals surface area contributed by atoms with Gasteiger partial charge < -0.3 is 4.74 Å². The van der Waals surface area contributed by atoms with Crippen molar-refractivity contribution in [1.29, 1.82) is 0 Å². The Bertz CT molecular complexity index is 439. The summed E-state index contributed by atoms with van der Waals surface area (Å²) in [7, 11) is 0. The van der Waals surface area contributed by atoms with E-state index in [0.29, 0.717) is 12.8 Å². The number of carbonyl (C=O) groups is 1. The highest BCUT2D eigenvalue weighted by Gasteiger charge is 2.41. The second-order valence-electron chi connectivity index (χ2n) is 9.05. The fraction of sp³-hybridized carbons (Fsp3) is 0.952. The largest absolute Gasteiger partial charge is 0.459 e. The molecule has 0 aromatic heterocycles. The van der Waals surface area contributed by atoms with Gasteiger partial charge in [-0.25, -0.2) is 8.78 Å². The third kappa shape index (κ3) is 4.54. The van der Waals surface area contributed by atoms with Crippen molar-refractivity contribution in [3.05, 3.63) is 0 Å². The molecule has 3 fully saturated rings. The Hall–Kier alpha value is -0.670. The molecule has 0 N–H and O–H groups in total. The highest BCUT2D eigenvalue weighted by molar-refractivity contribution is 5.72. The Balaban J connectivity index is 1.44. The number of rotatable bonds is 3. The van der Waals surface area contributed by atoms with E-state index >= 15 is 0 Å². The first kappa shape index (κ1) is 19.1. The zero-order valence-electron chi connectivity index (χ0n) is 15.8. The second kappa shape index (κ2) is 8.35. The second-order valence-corrected chi connectivity index (χ2v) is 9.05. The first-order valence-electron chi connectivity index (χ1n) is 10.4. The third-order valence-electron chi connectivity index (χ3n) is 7.21. The fourth-order valence-electron chi connectivity index (χ4n) is 5.22. The average Bonchev–Trinajstić information content (AvgIpc) is 2.63. The number of hydrogen-bond donors (Lipinski definition) is 0. The lowest BCUT2D eigenvalue weighted by molar-refractivity contribution is -0.164. The van der Waals surface area contributed by atoms with Crippen molar-refractivity contribution in [2.75, 3.05) is 0 Å². The fourth-order valence-corrected chi connectivity index (χ4v) is 5.22. The van der Waals surface area contributed by atoms with Crippen molar-refractivity contribution in [1.82, 2.24) is 0 Å². The molecule has 4 atom stereocenters. The van der Waals surface area contributed by atoms with Gasteiger partial charge in [0, 0.05) is 0 Å². The molecular weight excluding hydrogens is 322 g/mol. The van der Waals surface area contributed by atoms with Gasteiger partial charge >= 0.3 is 5.97 Å². The minimum absolute atomic E-state index is 0.108. The summed E-state index contributed by atoms with van der Waals surface area (Å²) in [5.41, 5.74) is 0. The van der Waals surface area contributed by atoms with Gasteiger partial charge in [0.05, 0.1) is 5.92 Å². The maximum atomic E-state index is 14.1. The van der Waals surface area contributed by atoms with Crippen LogP contribution < -0.4 is 0 Å². The maximum absolute atomic E-state index is 14.1. The van der Waals surface area contributed by atoms with Gasteiger partial charge in [-0.1, -0.05) is 26.7 Å². The summed E-state index contributed by atoms with van der Waals surface area (Å²) in [5, 5.41) is 0. The molecule has 2 nitrogen and oxygen atoms in total. The number of alkyl halides is 2. The van der Waals surface area contributed by atoms with Crippen LogP contribution in [0.5, 0.6) is 0 Å². The standard InChI is InChI=1S/C21H34F2O2/c1-13-3-6-15(7-4-13)16-8-10-17(11-9-16)21(24)25-18-12-5-14(2)19(22)20(18)23/h13-20H,3-12H2,1-2H3. The van der Waals surface area contributed by atoms with E-state index in [1.165, 1.54) is 25.7 Å². The lowest BCUT2D eigenvalue weighted by Crippen LogP contribution is -2.43. The number of halogens is 2. The van der Waals surface area contributed by atoms with E-state index < -0.39 is 18.4 Å². The Labute approximate surface area is 151 Å². The normalized spacial score (nSPS) is 45.8. The van der Waals surface area contributed by atoms with Gasteiger partial charge in [-0.15, -0.1) is 0 Å². The van der Waals surface area contributed by atoms with Crippen molar-refractivity contribution in [3.63, 3.8) is 0 Å². The molecule has 144 valence electrons. The van der Waals surface area contributed by atoms with Crippen molar-refractivity contribution in [2.45, 2.75) is 96.5 Å². The van der Waals surface area contributed by atoms with Gasteiger partial charge in [-0.2, -0.15) is 0 Å². The smallest absolute Gasteiger partial charge is 0.309 e. The van der Waals surface area contributed by atoms with Crippen LogP contribution in [-0.2, 0) is 9.53 Å². The molecule has 3 aliphatic carbocycles. The molecule has 4 unspecified atom stereocenters. The first-order chi connectivity index (χ1) is 12.0. The van der Waals surface area contributed by atoms with Crippen LogP contribution in [0.15, 0.2) is 0 Å². The van der Waals surface area contributed by atoms with Crippen LogP contribution in [0.25, 0.3) is 0 Å². The lowest BCUT2D eigenvalue weighted by atomic mass is 9.69. The Morgan fingerprint density at radius 1 is 0.760 bits per heavy atom. The van der Waals surface area contributed by atoms with E-state index in [1.54, 1.807) is 6.92 Å². The van der Waals surface area contributed by atoms with E-state index in [4.69, 9.17) is 4.74 Å². The van der Waals surface area contributed by atoms with Crippen LogP contribution >= 0.6 is 0 Å². The summed E-state index contributed by atoms with van der Waals surface area (Å²) in [6.45, 7) is 4.07. The molecule has 3 saturated carbocycles. The molecule has 0 bridgehead atoms. The molecule has 0 radical (unpaired) electrons. The molecule has 3 rings (SSSR count). The van der Waals surface area contributed by atoms with E-state index in [1.807, 2.05) is 0 Å². The van der Waals surface area contributed by atoms with E-state index in [2.05, 4.69) is 6.92 Å². The maximum Gasteiger partial charge on any atom is 0.309 e. The minimum atomic E-state index is -1.66. The molecule has 4 heteroatoms. The zero-order valence-corrected chi connectivity index (χ0v) is 15.8. The van der Waals surface area contributed by atoms with Gasteiger partial charge in [-0.05, 0) is 75.0 Å². The zero-order chi connectivity index (χ0) is 18.0. The number of hydrogen-bond acceptors (Lipinski definition) is 2. The summed E-state index contributed by atoms with van der Waals surface area (Å²) in [6.07, 6.45) is 6.24. The Morgan fingerprint density at radius 3 is 1.92 bits per heavy atom. The SMILES string of the molecule is CC1CCC(C2CCC(C(=O)OC3CCC(C)C(F)C3F)CC2)CC1. The number of ether oxygens (including phenoxy) is 1. The first-order valence-corrected chi connectivity index (χ1v) is 10.4. The summed E-state index contributed by atoms with van der Waals surface area (Å²) in [4.78, 5) is 12.4. The monoisotopic (exact) mass is 356 g/mol. The molecule has 25 heavy (non-hydrogen) atoms. The topological polar surface area (TPSA) is 26.3 Å². The van der Waals surface area contributed by atoms with Crippen LogP contribution in [0.4, 0.5) is 8.78 Å². The molecule has 0 heterocycles. The molecule has 0 aromatic rings. The van der Waals surface area contributed by atoms with Gasteiger partial charge in [-0.3, -0.25) is 4.79 Å². The summed E-state index contributed by atoms with van der Waals surface area (Å²) < 4.78 is 33.3. The van der Waals surface area contributed by atoms with Crippen LogP contribution in [0.2, 0.25) is 0 Å². The van der Waals surface area contributed by atoms with Crippen LogP contribution in [0, 0.1) is 29.6 Å². The summed E-state index contributed by atoms with van der Waals surface area (Å²) in [6, 6.07) is 0. The molecular formula is C21H34F2O2. The van der Waals surface area contributed by atoms with Gasteiger partial charge in [0.15, 0.2) is 6.17 Å². The average molecular weight is 356 g/mol. The van der Waals surface area contributed by atoms with E-state index in [-0.39, 0.29) is 17.8 Å².